The lowest BCUT2D eigenvalue weighted by Crippen LogP contribution is -2.24. The molecular weight excluding hydrogens is 310 g/mol. The van der Waals surface area contributed by atoms with Crippen LogP contribution in [0.3, 0.4) is 0 Å². The van der Waals surface area contributed by atoms with Crippen molar-refractivity contribution < 1.29 is 0 Å². The number of halogens is 1. The second-order valence-corrected chi connectivity index (χ2v) is 6.54. The second-order valence-electron chi connectivity index (χ2n) is 5.62. The first-order valence-corrected chi connectivity index (χ1v) is 8.13. The van der Waals surface area contributed by atoms with Crippen molar-refractivity contribution in [2.75, 3.05) is 6.54 Å². The molecule has 2 heteroatoms. The zero-order valence-electron chi connectivity index (χ0n) is 11.6. The van der Waals surface area contributed by atoms with Crippen LogP contribution in [0.15, 0.2) is 59.1 Å². The molecule has 1 nitrogen and oxygen atoms in total. The molecule has 1 saturated carbocycles. The molecule has 20 heavy (non-hydrogen) atoms. The fraction of sp³-hybridized carbons (Fsp3) is 0.333. The van der Waals surface area contributed by atoms with Gasteiger partial charge in [-0.3, -0.25) is 0 Å². The lowest BCUT2D eigenvalue weighted by molar-refractivity contribution is 0.577. The van der Waals surface area contributed by atoms with Crippen LogP contribution >= 0.6 is 15.9 Å². The van der Waals surface area contributed by atoms with Crippen molar-refractivity contribution in [3.63, 3.8) is 0 Å². The van der Waals surface area contributed by atoms with Gasteiger partial charge in [0, 0.05) is 23.0 Å². The lowest BCUT2D eigenvalue weighted by Gasteiger charge is -2.19. The zero-order valence-corrected chi connectivity index (χ0v) is 13.1. The molecule has 1 aliphatic rings. The average molecular weight is 330 g/mol. The van der Waals surface area contributed by atoms with Gasteiger partial charge in [-0.15, -0.1) is 0 Å². The van der Waals surface area contributed by atoms with E-state index in [0.717, 1.165) is 19.0 Å². The summed E-state index contributed by atoms with van der Waals surface area (Å²) in [5.41, 5.74) is 2.83. The normalized spacial score (nSPS) is 16.1. The molecule has 0 radical (unpaired) electrons. The van der Waals surface area contributed by atoms with E-state index in [4.69, 9.17) is 0 Å². The van der Waals surface area contributed by atoms with Gasteiger partial charge in [-0.25, -0.2) is 0 Å². The molecule has 104 valence electrons. The van der Waals surface area contributed by atoms with E-state index in [9.17, 15) is 0 Å². The quantitative estimate of drug-likeness (QED) is 0.821. The minimum Gasteiger partial charge on any atom is -0.313 e. The van der Waals surface area contributed by atoms with E-state index in [1.807, 2.05) is 0 Å². The fourth-order valence-corrected chi connectivity index (χ4v) is 2.98. The SMILES string of the molecule is Brc1cccc(C(CNC2CC2)Cc2ccccc2)c1. The first-order chi connectivity index (χ1) is 9.81. The zero-order chi connectivity index (χ0) is 13.8. The molecule has 1 unspecified atom stereocenters. The maximum atomic E-state index is 3.68. The van der Waals surface area contributed by atoms with Gasteiger partial charge in [-0.1, -0.05) is 58.4 Å². The molecule has 0 spiro atoms. The number of benzene rings is 2. The van der Waals surface area contributed by atoms with Crippen molar-refractivity contribution in [2.45, 2.75) is 31.2 Å². The van der Waals surface area contributed by atoms with Gasteiger partial charge in [0.25, 0.3) is 0 Å². The molecule has 2 aromatic rings. The molecule has 1 N–H and O–H groups in total. The molecule has 0 heterocycles. The third kappa shape index (κ3) is 3.94. The van der Waals surface area contributed by atoms with E-state index >= 15 is 0 Å². The van der Waals surface area contributed by atoms with Crippen LogP contribution in [0.1, 0.15) is 29.9 Å². The highest BCUT2D eigenvalue weighted by molar-refractivity contribution is 9.10. The minimum atomic E-state index is 0.538. The van der Waals surface area contributed by atoms with Gasteiger partial charge in [-0.2, -0.15) is 0 Å². The van der Waals surface area contributed by atoms with E-state index in [1.165, 1.54) is 28.4 Å². The number of hydrogen-bond donors (Lipinski definition) is 1. The molecule has 1 atom stereocenters. The molecule has 2 aromatic carbocycles. The molecule has 3 rings (SSSR count). The van der Waals surface area contributed by atoms with Crippen LogP contribution in [0.4, 0.5) is 0 Å². The third-order valence-electron chi connectivity index (χ3n) is 3.88. The average Bonchev–Trinajstić information content (AvgIpc) is 3.29. The van der Waals surface area contributed by atoms with Gasteiger partial charge in [0.05, 0.1) is 0 Å². The van der Waals surface area contributed by atoms with Crippen molar-refractivity contribution in [3.05, 3.63) is 70.2 Å². The van der Waals surface area contributed by atoms with Crippen molar-refractivity contribution in [1.29, 1.82) is 0 Å². The van der Waals surface area contributed by atoms with Crippen molar-refractivity contribution >= 4 is 15.9 Å². The van der Waals surface area contributed by atoms with Gasteiger partial charge >= 0.3 is 0 Å². The molecule has 0 saturated heterocycles. The van der Waals surface area contributed by atoms with Crippen LogP contribution < -0.4 is 5.32 Å². The smallest absolute Gasteiger partial charge is 0.0178 e. The van der Waals surface area contributed by atoms with E-state index in [-0.39, 0.29) is 0 Å². The monoisotopic (exact) mass is 329 g/mol. The van der Waals surface area contributed by atoms with Gasteiger partial charge in [0.15, 0.2) is 0 Å². The highest BCUT2D eigenvalue weighted by Crippen LogP contribution is 2.25. The van der Waals surface area contributed by atoms with Crippen LogP contribution in [0.5, 0.6) is 0 Å². The number of hydrogen-bond acceptors (Lipinski definition) is 1. The Morgan fingerprint density at radius 2 is 1.85 bits per heavy atom. The molecule has 0 bridgehead atoms. The lowest BCUT2D eigenvalue weighted by atomic mass is 9.92. The summed E-state index contributed by atoms with van der Waals surface area (Å²) in [6.45, 7) is 1.07. The van der Waals surface area contributed by atoms with Crippen molar-refractivity contribution in [2.24, 2.45) is 0 Å². The second kappa shape index (κ2) is 6.55. The fourth-order valence-electron chi connectivity index (χ4n) is 2.56. The van der Waals surface area contributed by atoms with Gasteiger partial charge in [-0.05, 0) is 42.5 Å². The van der Waals surface area contributed by atoms with E-state index in [0.29, 0.717) is 5.92 Å². The number of rotatable bonds is 6. The van der Waals surface area contributed by atoms with E-state index in [2.05, 4.69) is 75.8 Å². The Hall–Kier alpha value is -1.12. The minimum absolute atomic E-state index is 0.538. The Morgan fingerprint density at radius 3 is 2.55 bits per heavy atom. The summed E-state index contributed by atoms with van der Waals surface area (Å²) in [5.74, 6) is 0.538. The van der Waals surface area contributed by atoms with Crippen LogP contribution in [0.25, 0.3) is 0 Å². The van der Waals surface area contributed by atoms with E-state index in [1.54, 1.807) is 0 Å². The summed E-state index contributed by atoms with van der Waals surface area (Å²) in [7, 11) is 0. The maximum absolute atomic E-state index is 3.68. The Bertz CT molecular complexity index is 548. The summed E-state index contributed by atoms with van der Waals surface area (Å²) in [5, 5.41) is 3.68. The van der Waals surface area contributed by atoms with E-state index < -0.39 is 0 Å². The molecular formula is C18H20BrN. The third-order valence-corrected chi connectivity index (χ3v) is 4.37. The van der Waals surface area contributed by atoms with Crippen LogP contribution in [0.2, 0.25) is 0 Å². The Morgan fingerprint density at radius 1 is 1.05 bits per heavy atom. The van der Waals surface area contributed by atoms with Gasteiger partial charge in [0.2, 0.25) is 0 Å². The summed E-state index contributed by atoms with van der Waals surface area (Å²) in [6.07, 6.45) is 3.78. The Labute approximate surface area is 129 Å². The Kier molecular flexibility index (Phi) is 4.54. The maximum Gasteiger partial charge on any atom is 0.0178 e. The first-order valence-electron chi connectivity index (χ1n) is 7.34. The molecule has 1 aliphatic carbocycles. The summed E-state index contributed by atoms with van der Waals surface area (Å²) >= 11 is 3.59. The van der Waals surface area contributed by atoms with Crippen LogP contribution in [0, 0.1) is 0 Å². The van der Waals surface area contributed by atoms with Gasteiger partial charge < -0.3 is 5.32 Å². The van der Waals surface area contributed by atoms with Crippen LogP contribution in [-0.2, 0) is 6.42 Å². The van der Waals surface area contributed by atoms with Crippen LogP contribution in [-0.4, -0.2) is 12.6 Å². The topological polar surface area (TPSA) is 12.0 Å². The summed E-state index contributed by atoms with van der Waals surface area (Å²) in [6, 6.07) is 20.3. The van der Waals surface area contributed by atoms with Crippen molar-refractivity contribution in [1.82, 2.24) is 5.32 Å². The molecule has 0 aromatic heterocycles. The molecule has 0 amide bonds. The standard InChI is InChI=1S/C18H20BrN/c19-17-8-4-7-15(12-17)16(13-20-18-9-10-18)11-14-5-2-1-3-6-14/h1-8,12,16,18,20H,9-11,13H2. The molecule has 1 fully saturated rings. The summed E-state index contributed by atoms with van der Waals surface area (Å²) < 4.78 is 1.17. The summed E-state index contributed by atoms with van der Waals surface area (Å²) in [4.78, 5) is 0. The van der Waals surface area contributed by atoms with Crippen molar-refractivity contribution in [3.8, 4) is 0 Å². The highest BCUT2D eigenvalue weighted by Gasteiger charge is 2.22. The largest absolute Gasteiger partial charge is 0.313 e. The van der Waals surface area contributed by atoms with Gasteiger partial charge in [0.1, 0.15) is 0 Å². The Balaban J connectivity index is 1.75. The number of nitrogens with one attached hydrogen (secondary N) is 1. The predicted octanol–water partition coefficient (Wildman–Crippen LogP) is 4.53. The highest BCUT2D eigenvalue weighted by atomic mass is 79.9. The first kappa shape index (κ1) is 13.8. The predicted molar refractivity (Wildman–Crippen MR) is 88.1 cm³/mol. The molecule has 0 aliphatic heterocycles.